The van der Waals surface area contributed by atoms with Gasteiger partial charge in [0.2, 0.25) is 0 Å². The highest BCUT2D eigenvalue weighted by Gasteiger charge is 2.33. The number of hydrogen-bond acceptors (Lipinski definition) is 2. The minimum Gasteiger partial charge on any atom is -0.396 e. The Balaban J connectivity index is 2.55. The van der Waals surface area contributed by atoms with Crippen molar-refractivity contribution in [3.8, 4) is 0 Å². The Bertz CT molecular complexity index is 154. The molecule has 11 heavy (non-hydrogen) atoms. The first-order chi connectivity index (χ1) is 5.16. The summed E-state index contributed by atoms with van der Waals surface area (Å²) in [6.07, 6.45) is 0.159. The van der Waals surface area contributed by atoms with Crippen LogP contribution in [-0.4, -0.2) is 24.4 Å². The van der Waals surface area contributed by atoms with Gasteiger partial charge in [-0.1, -0.05) is 19.1 Å². The van der Waals surface area contributed by atoms with Gasteiger partial charge in [0.15, 0.2) is 0 Å². The van der Waals surface area contributed by atoms with E-state index in [-0.39, 0.29) is 12.7 Å². The Morgan fingerprint density at radius 1 is 1.73 bits per heavy atom. The van der Waals surface area contributed by atoms with E-state index >= 15 is 0 Å². The van der Waals surface area contributed by atoms with Crippen LogP contribution in [0, 0.1) is 11.8 Å². The van der Waals surface area contributed by atoms with Crippen LogP contribution < -0.4 is 0 Å². The molecule has 1 aliphatic heterocycles. The van der Waals surface area contributed by atoms with Crippen LogP contribution in [-0.2, 0) is 4.74 Å². The van der Waals surface area contributed by atoms with Gasteiger partial charge in [0.25, 0.3) is 0 Å². The summed E-state index contributed by atoms with van der Waals surface area (Å²) in [4.78, 5) is 0. The number of aliphatic hydroxyl groups is 1. The smallest absolute Gasteiger partial charge is 0.0809 e. The Morgan fingerprint density at radius 3 is 2.64 bits per heavy atom. The molecule has 1 fully saturated rings. The molecule has 0 amide bonds. The lowest BCUT2D eigenvalue weighted by atomic mass is 9.91. The molecule has 0 aromatic rings. The van der Waals surface area contributed by atoms with Gasteiger partial charge in [-0.25, -0.2) is 0 Å². The first-order valence-electron chi connectivity index (χ1n) is 4.04. The largest absolute Gasteiger partial charge is 0.396 e. The van der Waals surface area contributed by atoms with E-state index in [1.54, 1.807) is 0 Å². The third-order valence-corrected chi connectivity index (χ3v) is 2.43. The molecule has 64 valence electrons. The monoisotopic (exact) mass is 156 g/mol. The third-order valence-electron chi connectivity index (χ3n) is 2.43. The molecule has 0 aliphatic carbocycles. The van der Waals surface area contributed by atoms with Gasteiger partial charge in [0, 0.05) is 12.5 Å². The van der Waals surface area contributed by atoms with Crippen molar-refractivity contribution in [2.75, 3.05) is 13.2 Å². The molecule has 0 radical (unpaired) electrons. The molecule has 1 N–H and O–H groups in total. The zero-order valence-electron chi connectivity index (χ0n) is 7.21. The van der Waals surface area contributed by atoms with Gasteiger partial charge in [-0.2, -0.15) is 0 Å². The van der Waals surface area contributed by atoms with E-state index in [4.69, 9.17) is 9.84 Å². The van der Waals surface area contributed by atoms with E-state index in [1.807, 2.05) is 6.92 Å². The number of ether oxygens (including phenoxy) is 1. The second-order valence-corrected chi connectivity index (χ2v) is 3.40. The first-order valence-corrected chi connectivity index (χ1v) is 4.04. The molecule has 3 unspecified atom stereocenters. The number of aliphatic hydroxyl groups excluding tert-OH is 1. The SMILES string of the molecule is C=C(C)C1OCC(CO)C1C. The molecular weight excluding hydrogens is 140 g/mol. The van der Waals surface area contributed by atoms with E-state index in [0.29, 0.717) is 18.4 Å². The molecule has 2 heteroatoms. The molecule has 0 aromatic heterocycles. The van der Waals surface area contributed by atoms with Crippen LogP contribution in [0.3, 0.4) is 0 Å². The summed E-state index contributed by atoms with van der Waals surface area (Å²) >= 11 is 0. The number of rotatable bonds is 2. The summed E-state index contributed by atoms with van der Waals surface area (Å²) in [6.45, 7) is 8.83. The van der Waals surface area contributed by atoms with E-state index in [9.17, 15) is 0 Å². The highest BCUT2D eigenvalue weighted by molar-refractivity contribution is 5.03. The molecule has 1 rings (SSSR count). The van der Waals surface area contributed by atoms with Crippen LogP contribution in [0.25, 0.3) is 0 Å². The fourth-order valence-corrected chi connectivity index (χ4v) is 1.59. The van der Waals surface area contributed by atoms with Crippen LogP contribution in [0.15, 0.2) is 12.2 Å². The topological polar surface area (TPSA) is 29.5 Å². The molecule has 1 aliphatic rings. The summed E-state index contributed by atoms with van der Waals surface area (Å²) in [6, 6.07) is 0. The van der Waals surface area contributed by atoms with Crippen LogP contribution in [0.5, 0.6) is 0 Å². The predicted octanol–water partition coefficient (Wildman–Crippen LogP) is 1.21. The van der Waals surface area contributed by atoms with Gasteiger partial charge in [0.1, 0.15) is 0 Å². The van der Waals surface area contributed by atoms with E-state index in [1.165, 1.54) is 0 Å². The fraction of sp³-hybridized carbons (Fsp3) is 0.778. The van der Waals surface area contributed by atoms with Gasteiger partial charge in [0.05, 0.1) is 12.7 Å². The van der Waals surface area contributed by atoms with Crippen molar-refractivity contribution in [3.63, 3.8) is 0 Å². The normalized spacial score (nSPS) is 37.5. The standard InChI is InChI=1S/C9H16O2/c1-6(2)9-7(3)8(4-10)5-11-9/h7-10H,1,4-5H2,2-3H3. The first kappa shape index (κ1) is 8.75. The van der Waals surface area contributed by atoms with Gasteiger partial charge in [-0.3, -0.25) is 0 Å². The minimum atomic E-state index is 0.159. The Morgan fingerprint density at radius 2 is 2.36 bits per heavy atom. The average Bonchev–Trinajstić information content (AvgIpc) is 2.30. The molecule has 1 heterocycles. The van der Waals surface area contributed by atoms with Crippen molar-refractivity contribution < 1.29 is 9.84 Å². The molecule has 0 aromatic carbocycles. The Labute approximate surface area is 67.9 Å². The molecule has 0 saturated carbocycles. The van der Waals surface area contributed by atoms with Crippen LogP contribution in [0.1, 0.15) is 13.8 Å². The molecule has 3 atom stereocenters. The molecule has 0 bridgehead atoms. The van der Waals surface area contributed by atoms with Gasteiger partial charge in [-0.15, -0.1) is 0 Å². The highest BCUT2D eigenvalue weighted by Crippen LogP contribution is 2.29. The lowest BCUT2D eigenvalue weighted by Crippen LogP contribution is -2.19. The second-order valence-electron chi connectivity index (χ2n) is 3.40. The summed E-state index contributed by atoms with van der Waals surface area (Å²) in [7, 11) is 0. The minimum absolute atomic E-state index is 0.159. The molecule has 1 saturated heterocycles. The quantitative estimate of drug-likeness (QED) is 0.609. The average molecular weight is 156 g/mol. The van der Waals surface area contributed by atoms with Crippen LogP contribution in [0.2, 0.25) is 0 Å². The van der Waals surface area contributed by atoms with Crippen molar-refractivity contribution in [1.29, 1.82) is 0 Å². The van der Waals surface area contributed by atoms with E-state index in [0.717, 1.165) is 5.57 Å². The summed E-state index contributed by atoms with van der Waals surface area (Å²) < 4.78 is 5.47. The lowest BCUT2D eigenvalue weighted by Gasteiger charge is -2.16. The van der Waals surface area contributed by atoms with Crippen LogP contribution >= 0.6 is 0 Å². The van der Waals surface area contributed by atoms with Crippen LogP contribution in [0.4, 0.5) is 0 Å². The molecule has 2 nitrogen and oxygen atoms in total. The zero-order valence-corrected chi connectivity index (χ0v) is 7.21. The maximum Gasteiger partial charge on any atom is 0.0809 e. The molecular formula is C9H16O2. The zero-order chi connectivity index (χ0) is 8.43. The van der Waals surface area contributed by atoms with Crippen molar-refractivity contribution in [2.24, 2.45) is 11.8 Å². The van der Waals surface area contributed by atoms with Crippen molar-refractivity contribution in [2.45, 2.75) is 20.0 Å². The van der Waals surface area contributed by atoms with Crippen molar-refractivity contribution in [1.82, 2.24) is 0 Å². The summed E-state index contributed by atoms with van der Waals surface area (Å²) in [5, 5.41) is 8.93. The molecule has 0 spiro atoms. The highest BCUT2D eigenvalue weighted by atomic mass is 16.5. The van der Waals surface area contributed by atoms with E-state index in [2.05, 4.69) is 13.5 Å². The Kier molecular flexibility index (Phi) is 2.68. The summed E-state index contributed by atoms with van der Waals surface area (Å²) in [5.74, 6) is 0.717. The second kappa shape index (κ2) is 3.37. The Hall–Kier alpha value is -0.340. The van der Waals surface area contributed by atoms with E-state index < -0.39 is 0 Å². The maximum absolute atomic E-state index is 8.93. The maximum atomic E-state index is 8.93. The van der Waals surface area contributed by atoms with Crippen molar-refractivity contribution in [3.05, 3.63) is 12.2 Å². The summed E-state index contributed by atoms with van der Waals surface area (Å²) in [5.41, 5.74) is 1.06. The number of hydrogen-bond donors (Lipinski definition) is 1. The van der Waals surface area contributed by atoms with Crippen molar-refractivity contribution >= 4 is 0 Å². The third kappa shape index (κ3) is 1.63. The fourth-order valence-electron chi connectivity index (χ4n) is 1.59. The van der Waals surface area contributed by atoms with Gasteiger partial charge < -0.3 is 9.84 Å². The lowest BCUT2D eigenvalue weighted by molar-refractivity contribution is 0.117. The van der Waals surface area contributed by atoms with Gasteiger partial charge in [-0.05, 0) is 12.8 Å². The van der Waals surface area contributed by atoms with Gasteiger partial charge >= 0.3 is 0 Å². The predicted molar refractivity (Wildman–Crippen MR) is 44.3 cm³/mol.